The van der Waals surface area contributed by atoms with Crippen molar-refractivity contribution in [3.05, 3.63) is 114 Å². The van der Waals surface area contributed by atoms with Gasteiger partial charge in [0, 0.05) is 50.1 Å². The average molecular weight is 645 g/mol. The van der Waals surface area contributed by atoms with E-state index in [-0.39, 0.29) is 16.8 Å². The van der Waals surface area contributed by atoms with Crippen LogP contribution in [0.3, 0.4) is 0 Å². The molecule has 2 heterocycles. The fourth-order valence-electron chi connectivity index (χ4n) is 6.03. The molecular formula is C36H44N4O5S. The van der Waals surface area contributed by atoms with Gasteiger partial charge in [-0.05, 0) is 48.9 Å². The zero-order chi connectivity index (χ0) is 32.2. The van der Waals surface area contributed by atoms with Gasteiger partial charge in [-0.25, -0.2) is 13.2 Å². The maximum absolute atomic E-state index is 13.9. The Hall–Kier alpha value is -3.99. The number of urea groups is 1. The first kappa shape index (κ1) is 33.4. The van der Waals surface area contributed by atoms with Gasteiger partial charge in [-0.2, -0.15) is 0 Å². The standard InChI is InChI=1S/C36H44N4O5S/c41-35(37-31(17-16-29-10-4-1-5-11-29)20-27-46(43,44)33-14-8-3-9-15-33)34(28-30-12-6-2-7-13-30)38-36(42)40-21-18-32(19-22-40)39-23-25-45-26-24-39/h1-15,20,27,31-32,34H,16-19,21-26,28H2,(H,37,41)(H,38,42)/b27-20+/t31-,34-/m0/s1. The number of ether oxygens (including phenoxy) is 1. The number of nitrogens with zero attached hydrogens (tertiary/aromatic N) is 2. The third-order valence-corrected chi connectivity index (χ3v) is 10.1. The number of morpholine rings is 1. The van der Waals surface area contributed by atoms with Gasteiger partial charge >= 0.3 is 6.03 Å². The number of piperidine rings is 1. The molecule has 2 saturated heterocycles. The minimum Gasteiger partial charge on any atom is -0.379 e. The van der Waals surface area contributed by atoms with Crippen LogP contribution in [0.4, 0.5) is 4.79 Å². The monoisotopic (exact) mass is 644 g/mol. The molecule has 0 aromatic heterocycles. The summed E-state index contributed by atoms with van der Waals surface area (Å²) in [6.07, 6.45) is 4.73. The summed E-state index contributed by atoms with van der Waals surface area (Å²) < 4.78 is 31.6. The topological polar surface area (TPSA) is 108 Å². The van der Waals surface area contributed by atoms with Crippen molar-refractivity contribution in [2.75, 3.05) is 39.4 Å². The Morgan fingerprint density at radius 3 is 2.02 bits per heavy atom. The summed E-state index contributed by atoms with van der Waals surface area (Å²) in [5.74, 6) is -0.361. The van der Waals surface area contributed by atoms with Crippen molar-refractivity contribution in [1.29, 1.82) is 0 Å². The molecule has 2 aliphatic heterocycles. The molecular weight excluding hydrogens is 600 g/mol. The lowest BCUT2D eigenvalue weighted by Crippen LogP contribution is -2.56. The number of aryl methyl sites for hydroxylation is 1. The Morgan fingerprint density at radius 2 is 1.39 bits per heavy atom. The predicted octanol–water partition coefficient (Wildman–Crippen LogP) is 4.21. The molecule has 3 amide bonds. The molecule has 3 aromatic rings. The lowest BCUT2D eigenvalue weighted by molar-refractivity contribution is -0.123. The second-order valence-electron chi connectivity index (χ2n) is 11.9. The first-order chi connectivity index (χ1) is 22.4. The molecule has 10 heteroatoms. The van der Waals surface area contributed by atoms with Gasteiger partial charge in [0.25, 0.3) is 0 Å². The van der Waals surface area contributed by atoms with Gasteiger partial charge in [-0.3, -0.25) is 9.69 Å². The number of carbonyl (C=O) groups is 2. The van der Waals surface area contributed by atoms with Gasteiger partial charge in [-0.15, -0.1) is 0 Å². The van der Waals surface area contributed by atoms with Crippen LogP contribution in [0.5, 0.6) is 0 Å². The van der Waals surface area contributed by atoms with E-state index in [1.54, 1.807) is 41.3 Å². The summed E-state index contributed by atoms with van der Waals surface area (Å²) >= 11 is 0. The first-order valence-corrected chi connectivity index (χ1v) is 17.7. The van der Waals surface area contributed by atoms with Crippen LogP contribution in [0.25, 0.3) is 0 Å². The summed E-state index contributed by atoms with van der Waals surface area (Å²) in [7, 11) is -3.71. The van der Waals surface area contributed by atoms with Gasteiger partial charge < -0.3 is 20.3 Å². The van der Waals surface area contributed by atoms with Gasteiger partial charge in [0.1, 0.15) is 6.04 Å². The Morgan fingerprint density at radius 1 is 0.804 bits per heavy atom. The summed E-state index contributed by atoms with van der Waals surface area (Å²) in [5, 5.41) is 7.22. The summed E-state index contributed by atoms with van der Waals surface area (Å²) in [6, 6.07) is 26.4. The van der Waals surface area contributed by atoms with Crippen molar-refractivity contribution in [1.82, 2.24) is 20.4 Å². The van der Waals surface area contributed by atoms with Crippen LogP contribution in [0.15, 0.2) is 107 Å². The Kier molecular flexibility index (Phi) is 12.0. The minimum absolute atomic E-state index is 0.186. The molecule has 2 aliphatic rings. The molecule has 0 unspecified atom stereocenters. The van der Waals surface area contributed by atoms with Gasteiger partial charge in [0.2, 0.25) is 5.91 Å². The van der Waals surface area contributed by atoms with E-state index in [0.717, 1.165) is 50.3 Å². The fourth-order valence-corrected chi connectivity index (χ4v) is 7.12. The highest BCUT2D eigenvalue weighted by Crippen LogP contribution is 2.19. The lowest BCUT2D eigenvalue weighted by Gasteiger charge is -2.40. The van der Waals surface area contributed by atoms with Crippen molar-refractivity contribution in [2.24, 2.45) is 0 Å². The smallest absolute Gasteiger partial charge is 0.318 e. The largest absolute Gasteiger partial charge is 0.379 e. The molecule has 9 nitrogen and oxygen atoms in total. The van der Waals surface area contributed by atoms with Crippen LogP contribution in [-0.2, 0) is 32.2 Å². The zero-order valence-electron chi connectivity index (χ0n) is 26.2. The minimum atomic E-state index is -3.71. The third-order valence-electron chi connectivity index (χ3n) is 8.69. The lowest BCUT2D eigenvalue weighted by atomic mass is 10.0. The molecule has 2 N–H and O–H groups in total. The number of carbonyl (C=O) groups excluding carboxylic acids is 2. The molecule has 0 saturated carbocycles. The van der Waals surface area contributed by atoms with E-state index >= 15 is 0 Å². The molecule has 3 aromatic carbocycles. The van der Waals surface area contributed by atoms with Crippen molar-refractivity contribution >= 4 is 21.8 Å². The van der Waals surface area contributed by atoms with Crippen molar-refractivity contribution in [3.63, 3.8) is 0 Å². The number of hydrogen-bond acceptors (Lipinski definition) is 6. The van der Waals surface area contributed by atoms with Crippen molar-refractivity contribution < 1.29 is 22.7 Å². The highest BCUT2D eigenvalue weighted by Gasteiger charge is 2.30. The first-order valence-electron chi connectivity index (χ1n) is 16.1. The van der Waals surface area contributed by atoms with Crippen LogP contribution in [0.2, 0.25) is 0 Å². The molecule has 0 spiro atoms. The maximum Gasteiger partial charge on any atom is 0.318 e. The van der Waals surface area contributed by atoms with E-state index in [1.807, 2.05) is 60.7 Å². The van der Waals surface area contributed by atoms with E-state index in [0.29, 0.717) is 38.4 Å². The van der Waals surface area contributed by atoms with E-state index in [2.05, 4.69) is 15.5 Å². The zero-order valence-corrected chi connectivity index (χ0v) is 27.0. The highest BCUT2D eigenvalue weighted by atomic mass is 32.2. The maximum atomic E-state index is 13.9. The predicted molar refractivity (Wildman–Crippen MR) is 179 cm³/mol. The number of hydrogen-bond donors (Lipinski definition) is 2. The Balaban J connectivity index is 1.28. The quantitative estimate of drug-likeness (QED) is 0.306. The fraction of sp³-hybridized carbons (Fsp3) is 0.389. The number of nitrogens with one attached hydrogen (secondary N) is 2. The molecule has 2 fully saturated rings. The van der Waals surface area contributed by atoms with Crippen LogP contribution >= 0.6 is 0 Å². The van der Waals surface area contributed by atoms with E-state index in [4.69, 9.17) is 4.74 Å². The molecule has 0 bridgehead atoms. The van der Waals surface area contributed by atoms with E-state index in [1.165, 1.54) is 5.41 Å². The Labute approximate surface area is 272 Å². The third kappa shape index (κ3) is 9.75. The highest BCUT2D eigenvalue weighted by molar-refractivity contribution is 7.94. The summed E-state index contributed by atoms with van der Waals surface area (Å²) in [4.78, 5) is 31.8. The average Bonchev–Trinajstić information content (AvgIpc) is 3.11. The summed E-state index contributed by atoms with van der Waals surface area (Å²) in [5.41, 5.74) is 1.99. The number of likely N-dealkylation sites (tertiary alicyclic amines) is 1. The number of amides is 3. The van der Waals surface area contributed by atoms with Crippen LogP contribution in [0.1, 0.15) is 30.4 Å². The SMILES string of the molecule is O=C(N[C@H](/C=C/S(=O)(=O)c1ccccc1)CCc1ccccc1)[C@H](Cc1ccccc1)NC(=O)N1CCC(N2CCOCC2)CC1. The van der Waals surface area contributed by atoms with Crippen LogP contribution < -0.4 is 10.6 Å². The molecule has 5 rings (SSSR count). The van der Waals surface area contributed by atoms with Gasteiger partial charge in [0.05, 0.1) is 18.1 Å². The van der Waals surface area contributed by atoms with Crippen LogP contribution in [-0.4, -0.2) is 87.7 Å². The normalized spacial score (nSPS) is 17.8. The molecule has 244 valence electrons. The number of sulfone groups is 1. The second kappa shape index (κ2) is 16.5. The molecule has 0 aliphatic carbocycles. The summed E-state index contributed by atoms with van der Waals surface area (Å²) in [6.45, 7) is 4.57. The van der Waals surface area contributed by atoms with Crippen molar-refractivity contribution in [2.45, 2.75) is 55.1 Å². The van der Waals surface area contributed by atoms with E-state index < -0.39 is 21.9 Å². The number of rotatable bonds is 12. The van der Waals surface area contributed by atoms with Crippen LogP contribution in [0, 0.1) is 0 Å². The van der Waals surface area contributed by atoms with Crippen molar-refractivity contribution in [3.8, 4) is 0 Å². The van der Waals surface area contributed by atoms with E-state index in [9.17, 15) is 18.0 Å². The second-order valence-corrected chi connectivity index (χ2v) is 13.7. The molecule has 0 radical (unpaired) electrons. The van der Waals surface area contributed by atoms with Gasteiger partial charge in [0.15, 0.2) is 9.84 Å². The molecule has 2 atom stereocenters. The Bertz CT molecular complexity index is 1520. The molecule has 46 heavy (non-hydrogen) atoms. The van der Waals surface area contributed by atoms with Gasteiger partial charge in [-0.1, -0.05) is 84.9 Å². The number of benzene rings is 3.